The summed E-state index contributed by atoms with van der Waals surface area (Å²) in [5.41, 5.74) is 0.613. The average molecular weight is 407 g/mol. The van der Waals surface area contributed by atoms with Gasteiger partial charge in [0.1, 0.15) is 12.6 Å². The minimum atomic E-state index is -1.19. The molecule has 1 rings (SSSR count). The molecule has 0 aliphatic carbocycles. The lowest BCUT2D eigenvalue weighted by molar-refractivity contribution is -0.146. The number of thioether (sulfide) groups is 1. The molecule has 0 saturated carbocycles. The zero-order valence-electron chi connectivity index (χ0n) is 16.2. The maximum atomic E-state index is 12.9. The van der Waals surface area contributed by atoms with Crippen molar-refractivity contribution in [2.24, 2.45) is 0 Å². The van der Waals surface area contributed by atoms with Gasteiger partial charge in [-0.15, -0.1) is 0 Å². The van der Waals surface area contributed by atoms with Crippen LogP contribution < -0.4 is 10.2 Å². The van der Waals surface area contributed by atoms with Crippen molar-refractivity contribution in [1.82, 2.24) is 5.32 Å². The number of esters is 1. The van der Waals surface area contributed by atoms with E-state index in [0.29, 0.717) is 23.4 Å². The Hall–Kier alpha value is -2.57. The Bertz CT molecular complexity index is 735. The normalized spacial score (nSPS) is 12.5. The smallest absolute Gasteiger partial charge is 0.323 e. The second kappa shape index (κ2) is 12.0. The molecule has 1 aromatic carbocycles. The van der Waals surface area contributed by atoms with Crippen molar-refractivity contribution >= 4 is 35.3 Å². The van der Waals surface area contributed by atoms with E-state index in [1.54, 1.807) is 43.8 Å². The fourth-order valence-electron chi connectivity index (χ4n) is 2.53. The van der Waals surface area contributed by atoms with Crippen molar-refractivity contribution in [2.45, 2.75) is 32.4 Å². The van der Waals surface area contributed by atoms with E-state index in [9.17, 15) is 19.5 Å². The SMILES string of the molecule is CCOC(=O)C(CCSC)NC(C)C(=O)N(CC(=O)O)c1cccc(C#N)c1. The minimum absolute atomic E-state index is 0.227. The van der Waals surface area contributed by atoms with Crippen molar-refractivity contribution in [2.75, 3.05) is 30.1 Å². The molecule has 2 atom stereocenters. The molecule has 2 N–H and O–H groups in total. The first-order chi connectivity index (χ1) is 13.3. The Morgan fingerprint density at radius 2 is 2.11 bits per heavy atom. The molecule has 0 saturated heterocycles. The highest BCUT2D eigenvalue weighted by Gasteiger charge is 2.29. The highest BCUT2D eigenvalue weighted by atomic mass is 32.2. The molecule has 1 amide bonds. The van der Waals surface area contributed by atoms with Crippen LogP contribution in [-0.2, 0) is 19.1 Å². The summed E-state index contributed by atoms with van der Waals surface area (Å²) in [4.78, 5) is 37.4. The van der Waals surface area contributed by atoms with E-state index in [1.165, 1.54) is 6.07 Å². The van der Waals surface area contributed by atoms with Crippen molar-refractivity contribution in [3.63, 3.8) is 0 Å². The maximum absolute atomic E-state index is 12.9. The number of ether oxygens (including phenoxy) is 1. The van der Waals surface area contributed by atoms with E-state index < -0.39 is 36.5 Å². The maximum Gasteiger partial charge on any atom is 0.323 e. The lowest BCUT2D eigenvalue weighted by Crippen LogP contribution is -2.52. The molecule has 152 valence electrons. The zero-order chi connectivity index (χ0) is 21.1. The third-order valence-electron chi connectivity index (χ3n) is 3.85. The number of anilines is 1. The summed E-state index contributed by atoms with van der Waals surface area (Å²) in [6.07, 6.45) is 2.38. The number of benzene rings is 1. The van der Waals surface area contributed by atoms with Gasteiger partial charge in [-0.1, -0.05) is 6.07 Å². The Morgan fingerprint density at radius 3 is 2.68 bits per heavy atom. The molecular weight excluding hydrogens is 382 g/mol. The summed E-state index contributed by atoms with van der Waals surface area (Å²) in [7, 11) is 0. The average Bonchev–Trinajstić information content (AvgIpc) is 2.68. The predicted molar refractivity (Wildman–Crippen MR) is 107 cm³/mol. The number of hydrogen-bond donors (Lipinski definition) is 2. The number of nitrogens with one attached hydrogen (secondary N) is 1. The van der Waals surface area contributed by atoms with Crippen molar-refractivity contribution < 1.29 is 24.2 Å². The van der Waals surface area contributed by atoms with Gasteiger partial charge in [0.05, 0.1) is 24.3 Å². The molecule has 8 nitrogen and oxygen atoms in total. The van der Waals surface area contributed by atoms with E-state index in [-0.39, 0.29) is 6.61 Å². The van der Waals surface area contributed by atoms with E-state index in [4.69, 9.17) is 10.00 Å². The van der Waals surface area contributed by atoms with Gasteiger partial charge in [0.15, 0.2) is 0 Å². The quantitative estimate of drug-likeness (QED) is 0.531. The van der Waals surface area contributed by atoms with Crippen LogP contribution in [0.4, 0.5) is 5.69 Å². The van der Waals surface area contributed by atoms with Gasteiger partial charge in [0.2, 0.25) is 5.91 Å². The van der Waals surface area contributed by atoms with Gasteiger partial charge in [-0.3, -0.25) is 24.6 Å². The van der Waals surface area contributed by atoms with Crippen molar-refractivity contribution in [3.8, 4) is 6.07 Å². The largest absolute Gasteiger partial charge is 0.480 e. The number of nitriles is 1. The first-order valence-electron chi connectivity index (χ1n) is 8.79. The van der Waals surface area contributed by atoms with E-state index in [1.807, 2.05) is 12.3 Å². The molecule has 0 heterocycles. The topological polar surface area (TPSA) is 120 Å². The van der Waals surface area contributed by atoms with Crippen molar-refractivity contribution in [3.05, 3.63) is 29.8 Å². The summed E-state index contributed by atoms with van der Waals surface area (Å²) in [6, 6.07) is 6.60. The number of carboxylic acids is 1. The van der Waals surface area contributed by atoms with Gasteiger partial charge in [-0.05, 0) is 50.5 Å². The highest BCUT2D eigenvalue weighted by Crippen LogP contribution is 2.17. The highest BCUT2D eigenvalue weighted by molar-refractivity contribution is 7.98. The molecule has 0 fully saturated rings. The zero-order valence-corrected chi connectivity index (χ0v) is 17.0. The number of rotatable bonds is 11. The summed E-state index contributed by atoms with van der Waals surface area (Å²) < 4.78 is 5.06. The standard InChI is InChI=1S/C19H25N3O5S/c1-4-27-19(26)16(8-9-28-3)21-13(2)18(25)22(12-17(23)24)15-7-5-6-14(10-15)11-20/h5-7,10,13,16,21H,4,8-9,12H2,1-3H3,(H,23,24). The van der Waals surface area contributed by atoms with Gasteiger partial charge in [0, 0.05) is 5.69 Å². The number of hydrogen-bond acceptors (Lipinski definition) is 7. The van der Waals surface area contributed by atoms with Gasteiger partial charge in [-0.25, -0.2) is 0 Å². The van der Waals surface area contributed by atoms with E-state index >= 15 is 0 Å². The molecule has 0 aliphatic heterocycles. The third kappa shape index (κ3) is 7.21. The van der Waals surface area contributed by atoms with Crippen LogP contribution in [0.1, 0.15) is 25.8 Å². The van der Waals surface area contributed by atoms with Crippen LogP contribution in [0.5, 0.6) is 0 Å². The van der Waals surface area contributed by atoms with Crippen LogP contribution in [0.2, 0.25) is 0 Å². The number of nitrogens with zero attached hydrogens (tertiary/aromatic N) is 2. The molecule has 0 radical (unpaired) electrons. The van der Waals surface area contributed by atoms with Crippen molar-refractivity contribution in [1.29, 1.82) is 5.26 Å². The van der Waals surface area contributed by atoms with Crippen LogP contribution in [-0.4, -0.2) is 60.2 Å². The van der Waals surface area contributed by atoms with Crippen LogP contribution in [0.3, 0.4) is 0 Å². The Labute approximate surface area is 168 Å². The van der Waals surface area contributed by atoms with Crippen LogP contribution in [0.15, 0.2) is 24.3 Å². The summed E-state index contributed by atoms with van der Waals surface area (Å²) in [5, 5.41) is 21.2. The second-order valence-corrected chi connectivity index (χ2v) is 6.94. The monoisotopic (exact) mass is 407 g/mol. The third-order valence-corrected chi connectivity index (χ3v) is 4.49. The molecule has 0 aromatic heterocycles. The minimum Gasteiger partial charge on any atom is -0.480 e. The fourth-order valence-corrected chi connectivity index (χ4v) is 3.00. The number of aliphatic carboxylic acids is 1. The lowest BCUT2D eigenvalue weighted by Gasteiger charge is -2.27. The lowest BCUT2D eigenvalue weighted by atomic mass is 10.1. The molecular formula is C19H25N3O5S. The first-order valence-corrected chi connectivity index (χ1v) is 10.2. The molecule has 9 heteroatoms. The van der Waals surface area contributed by atoms with Gasteiger partial charge in [-0.2, -0.15) is 17.0 Å². The van der Waals surface area contributed by atoms with E-state index in [0.717, 1.165) is 4.90 Å². The molecule has 0 bridgehead atoms. The van der Waals surface area contributed by atoms with Gasteiger partial charge >= 0.3 is 11.9 Å². The summed E-state index contributed by atoms with van der Waals surface area (Å²) in [5.74, 6) is -1.46. The van der Waals surface area contributed by atoms with Gasteiger partial charge in [0.25, 0.3) is 0 Å². The Kier molecular flexibility index (Phi) is 10.1. The number of carbonyl (C=O) groups is 3. The first kappa shape index (κ1) is 23.5. The molecule has 2 unspecified atom stereocenters. The van der Waals surface area contributed by atoms with E-state index in [2.05, 4.69) is 5.32 Å². The summed E-state index contributed by atoms with van der Waals surface area (Å²) in [6.45, 7) is 2.94. The second-order valence-electron chi connectivity index (χ2n) is 5.95. The Balaban J connectivity index is 3.03. The van der Waals surface area contributed by atoms with Crippen LogP contribution in [0, 0.1) is 11.3 Å². The molecule has 0 spiro atoms. The molecule has 0 aliphatic rings. The van der Waals surface area contributed by atoms with Crippen LogP contribution in [0.25, 0.3) is 0 Å². The molecule has 1 aromatic rings. The summed E-state index contributed by atoms with van der Waals surface area (Å²) >= 11 is 1.57. The fraction of sp³-hybridized carbons (Fsp3) is 0.474. The predicted octanol–water partition coefficient (Wildman–Crippen LogP) is 1.64. The van der Waals surface area contributed by atoms with Crippen LogP contribution >= 0.6 is 11.8 Å². The number of carbonyl (C=O) groups excluding carboxylic acids is 2. The Morgan fingerprint density at radius 1 is 1.39 bits per heavy atom. The number of carboxylic acid groups (broad SMARTS) is 1. The van der Waals surface area contributed by atoms with Gasteiger partial charge < -0.3 is 9.84 Å². The molecule has 28 heavy (non-hydrogen) atoms. The number of amides is 1.